The summed E-state index contributed by atoms with van der Waals surface area (Å²) in [4.78, 5) is 0. The van der Waals surface area contributed by atoms with Crippen LogP contribution in [-0.2, 0) is 0 Å². The number of hydrogen-bond donors (Lipinski definition) is 0. The molecule has 0 saturated heterocycles. The topological polar surface area (TPSA) is 0 Å². The Bertz CT molecular complexity index is 414. The molecule has 0 unspecified atom stereocenters. The Balaban J connectivity index is 2.80. The van der Waals surface area contributed by atoms with Gasteiger partial charge in [-0.25, -0.2) is 0 Å². The molecule has 0 bridgehead atoms. The molecule has 0 atom stereocenters. The van der Waals surface area contributed by atoms with Gasteiger partial charge in [-0.3, -0.25) is 0 Å². The van der Waals surface area contributed by atoms with Crippen molar-refractivity contribution in [1.29, 1.82) is 0 Å². The summed E-state index contributed by atoms with van der Waals surface area (Å²) in [7, 11) is -1.20. The molecule has 1 aromatic rings. The summed E-state index contributed by atoms with van der Waals surface area (Å²) in [6.45, 7) is 6.96. The second-order valence-corrected chi connectivity index (χ2v) is 12.1. The van der Waals surface area contributed by atoms with E-state index in [2.05, 4.69) is 81.9 Å². The second kappa shape index (κ2) is 5.99. The lowest BCUT2D eigenvalue weighted by molar-refractivity contribution is 1.60. The SMILES string of the molecule is C[Si](C)(C)/C(Br)=C\C=C\c1ccccc1Br. The lowest BCUT2D eigenvalue weighted by Crippen LogP contribution is -2.19. The van der Waals surface area contributed by atoms with Gasteiger partial charge in [-0.1, -0.05) is 87.9 Å². The van der Waals surface area contributed by atoms with Crippen LogP contribution in [0.15, 0.2) is 45.0 Å². The highest BCUT2D eigenvalue weighted by atomic mass is 79.9. The summed E-state index contributed by atoms with van der Waals surface area (Å²) >= 11 is 7.18. The molecule has 1 aromatic carbocycles. The largest absolute Gasteiger partial charge is 0.0865 e. The van der Waals surface area contributed by atoms with Gasteiger partial charge in [0.05, 0.1) is 8.07 Å². The molecule has 16 heavy (non-hydrogen) atoms. The van der Waals surface area contributed by atoms with Crippen molar-refractivity contribution in [3.8, 4) is 0 Å². The third-order valence-corrected chi connectivity index (χ3v) is 8.29. The van der Waals surface area contributed by atoms with Crippen molar-refractivity contribution in [3.05, 3.63) is 50.6 Å². The Labute approximate surface area is 116 Å². The van der Waals surface area contributed by atoms with Gasteiger partial charge in [0, 0.05) is 4.47 Å². The van der Waals surface area contributed by atoms with Crippen LogP contribution in [0.2, 0.25) is 19.6 Å². The van der Waals surface area contributed by atoms with Crippen LogP contribution in [0.5, 0.6) is 0 Å². The van der Waals surface area contributed by atoms with Crippen molar-refractivity contribution in [2.75, 3.05) is 0 Å². The van der Waals surface area contributed by atoms with Crippen molar-refractivity contribution < 1.29 is 0 Å². The molecule has 0 radical (unpaired) electrons. The Morgan fingerprint density at radius 3 is 2.38 bits per heavy atom. The molecule has 0 fully saturated rings. The van der Waals surface area contributed by atoms with E-state index in [0.29, 0.717) is 0 Å². The fourth-order valence-corrected chi connectivity index (χ4v) is 2.26. The maximum atomic E-state index is 3.65. The molecule has 0 nitrogen and oxygen atoms in total. The fourth-order valence-electron chi connectivity index (χ4n) is 1.10. The molecule has 0 N–H and O–H groups in total. The maximum Gasteiger partial charge on any atom is 0.0865 e. The quantitative estimate of drug-likeness (QED) is 0.485. The van der Waals surface area contributed by atoms with E-state index in [1.54, 1.807) is 0 Å². The standard InChI is InChI=1S/C13H16Br2Si/c1-16(2,3)13(15)10-6-8-11-7-4-5-9-12(11)14/h4-10H,1-3H3/b8-6+,13-10-. The Morgan fingerprint density at radius 1 is 1.19 bits per heavy atom. The molecule has 0 saturated carbocycles. The van der Waals surface area contributed by atoms with E-state index in [1.165, 1.54) is 9.67 Å². The molecular weight excluding hydrogens is 344 g/mol. The third kappa shape index (κ3) is 4.40. The summed E-state index contributed by atoms with van der Waals surface area (Å²) in [5.41, 5.74) is 1.20. The van der Waals surface area contributed by atoms with Crippen LogP contribution in [0.25, 0.3) is 6.08 Å². The van der Waals surface area contributed by atoms with Gasteiger partial charge in [-0.05, 0) is 15.7 Å². The summed E-state index contributed by atoms with van der Waals surface area (Å²) in [5.74, 6) is 0. The molecule has 0 aliphatic heterocycles. The number of allylic oxidation sites excluding steroid dienone is 2. The zero-order valence-corrected chi connectivity index (χ0v) is 14.0. The average molecular weight is 360 g/mol. The van der Waals surface area contributed by atoms with Gasteiger partial charge < -0.3 is 0 Å². The van der Waals surface area contributed by atoms with Gasteiger partial charge in [-0.15, -0.1) is 0 Å². The van der Waals surface area contributed by atoms with E-state index in [9.17, 15) is 0 Å². The molecule has 0 aliphatic rings. The van der Waals surface area contributed by atoms with Crippen LogP contribution >= 0.6 is 31.9 Å². The average Bonchev–Trinajstić information content (AvgIpc) is 2.19. The zero-order chi connectivity index (χ0) is 12.2. The highest BCUT2D eigenvalue weighted by Gasteiger charge is 2.15. The molecule has 0 aromatic heterocycles. The molecule has 0 amide bonds. The number of rotatable bonds is 3. The summed E-state index contributed by atoms with van der Waals surface area (Å²) in [5, 5.41) is 0. The van der Waals surface area contributed by atoms with Crippen molar-refractivity contribution >= 4 is 46.0 Å². The van der Waals surface area contributed by atoms with Crippen LogP contribution in [0.3, 0.4) is 0 Å². The first kappa shape index (κ1) is 13.9. The van der Waals surface area contributed by atoms with Crippen molar-refractivity contribution in [3.63, 3.8) is 0 Å². The summed E-state index contributed by atoms with van der Waals surface area (Å²) in [6.07, 6.45) is 6.37. The maximum absolute atomic E-state index is 3.65. The zero-order valence-electron chi connectivity index (χ0n) is 9.80. The third-order valence-electron chi connectivity index (χ3n) is 2.14. The number of benzene rings is 1. The van der Waals surface area contributed by atoms with E-state index in [1.807, 2.05) is 12.1 Å². The molecule has 86 valence electrons. The van der Waals surface area contributed by atoms with E-state index in [-0.39, 0.29) is 0 Å². The van der Waals surface area contributed by atoms with E-state index < -0.39 is 8.07 Å². The van der Waals surface area contributed by atoms with Gasteiger partial charge in [-0.2, -0.15) is 0 Å². The first-order valence-electron chi connectivity index (χ1n) is 5.20. The van der Waals surface area contributed by atoms with Crippen molar-refractivity contribution in [2.24, 2.45) is 0 Å². The van der Waals surface area contributed by atoms with Crippen LogP contribution in [0.1, 0.15) is 5.56 Å². The van der Waals surface area contributed by atoms with Crippen molar-refractivity contribution in [1.82, 2.24) is 0 Å². The highest BCUT2D eigenvalue weighted by molar-refractivity contribution is 9.12. The minimum Gasteiger partial charge on any atom is -0.0651 e. The number of hydrogen-bond acceptors (Lipinski definition) is 0. The number of halogens is 2. The van der Waals surface area contributed by atoms with Gasteiger partial charge >= 0.3 is 0 Å². The van der Waals surface area contributed by atoms with Crippen LogP contribution in [0, 0.1) is 0 Å². The molecular formula is C13H16Br2Si. The first-order chi connectivity index (χ1) is 7.41. The van der Waals surface area contributed by atoms with Gasteiger partial charge in [0.2, 0.25) is 0 Å². The van der Waals surface area contributed by atoms with Gasteiger partial charge in [0.25, 0.3) is 0 Å². The lowest BCUT2D eigenvalue weighted by Gasteiger charge is -2.13. The van der Waals surface area contributed by atoms with Gasteiger partial charge in [0.15, 0.2) is 0 Å². The Morgan fingerprint density at radius 2 is 1.81 bits per heavy atom. The summed E-state index contributed by atoms with van der Waals surface area (Å²) < 4.78 is 2.46. The van der Waals surface area contributed by atoms with Crippen LogP contribution in [0.4, 0.5) is 0 Å². The Kier molecular flexibility index (Phi) is 5.22. The first-order valence-corrected chi connectivity index (χ1v) is 10.3. The minimum absolute atomic E-state index is 1.13. The van der Waals surface area contributed by atoms with Crippen LogP contribution in [-0.4, -0.2) is 8.07 Å². The predicted molar refractivity (Wildman–Crippen MR) is 83.5 cm³/mol. The van der Waals surface area contributed by atoms with Gasteiger partial charge in [0.1, 0.15) is 0 Å². The lowest BCUT2D eigenvalue weighted by atomic mass is 10.2. The van der Waals surface area contributed by atoms with Crippen LogP contribution < -0.4 is 0 Å². The predicted octanol–water partition coefficient (Wildman–Crippen LogP) is 5.62. The molecule has 0 aliphatic carbocycles. The van der Waals surface area contributed by atoms with Crippen molar-refractivity contribution in [2.45, 2.75) is 19.6 Å². The highest BCUT2D eigenvalue weighted by Crippen LogP contribution is 2.21. The fraction of sp³-hybridized carbons (Fsp3) is 0.231. The second-order valence-electron chi connectivity index (χ2n) is 4.65. The van der Waals surface area contributed by atoms with E-state index in [0.717, 1.165) is 4.47 Å². The molecule has 0 spiro atoms. The molecule has 0 heterocycles. The Hall–Kier alpha value is -0.123. The summed E-state index contributed by atoms with van der Waals surface area (Å²) in [6, 6.07) is 8.21. The molecule has 3 heteroatoms. The normalized spacial score (nSPS) is 13.4. The van der Waals surface area contributed by atoms with E-state index >= 15 is 0 Å². The smallest absolute Gasteiger partial charge is 0.0651 e. The monoisotopic (exact) mass is 358 g/mol. The minimum atomic E-state index is -1.20. The van der Waals surface area contributed by atoms with E-state index in [4.69, 9.17) is 0 Å². The molecule has 1 rings (SSSR count).